The molecular formula is C25H34N2O4. The highest BCUT2D eigenvalue weighted by molar-refractivity contribution is 5.72. The smallest absolute Gasteiger partial charge is 0.306 e. The van der Waals surface area contributed by atoms with Crippen LogP contribution in [0.1, 0.15) is 58.1 Å². The van der Waals surface area contributed by atoms with Crippen molar-refractivity contribution in [2.45, 2.75) is 47.0 Å². The number of esters is 1. The molecule has 0 radical (unpaired) electrons. The van der Waals surface area contributed by atoms with E-state index >= 15 is 0 Å². The Kier molecular flexibility index (Phi) is 9.03. The SMILES string of the molecule is CCOC(=O)CC(c1ccccc1)c1ccc(N(CC(C)C)CC(C)C)c([N+](=O)[O-])c1. The molecule has 0 spiro atoms. The molecule has 0 aliphatic carbocycles. The zero-order chi connectivity index (χ0) is 23.0. The maximum absolute atomic E-state index is 12.3. The number of carbonyl (C=O) groups excluding carboxylic acids is 1. The van der Waals surface area contributed by atoms with Gasteiger partial charge in [-0.05, 0) is 36.0 Å². The van der Waals surface area contributed by atoms with Crippen LogP contribution in [0.5, 0.6) is 0 Å². The second kappa shape index (κ2) is 11.5. The Balaban J connectivity index is 2.52. The van der Waals surface area contributed by atoms with Gasteiger partial charge in [-0.25, -0.2) is 0 Å². The van der Waals surface area contributed by atoms with Crippen LogP contribution in [0.15, 0.2) is 48.5 Å². The van der Waals surface area contributed by atoms with Crippen LogP contribution in [0.4, 0.5) is 11.4 Å². The van der Waals surface area contributed by atoms with E-state index in [0.717, 1.165) is 24.2 Å². The van der Waals surface area contributed by atoms with Crippen molar-refractivity contribution < 1.29 is 14.5 Å². The molecule has 2 rings (SSSR count). The third kappa shape index (κ3) is 7.09. The van der Waals surface area contributed by atoms with Gasteiger partial charge >= 0.3 is 5.97 Å². The average Bonchev–Trinajstić information content (AvgIpc) is 2.71. The lowest BCUT2D eigenvalue weighted by atomic mass is 9.88. The summed E-state index contributed by atoms with van der Waals surface area (Å²) in [6.45, 7) is 12.0. The fourth-order valence-corrected chi connectivity index (χ4v) is 3.82. The summed E-state index contributed by atoms with van der Waals surface area (Å²) in [7, 11) is 0. The highest BCUT2D eigenvalue weighted by Crippen LogP contribution is 2.36. The quantitative estimate of drug-likeness (QED) is 0.258. The van der Waals surface area contributed by atoms with Crippen LogP contribution in [0.3, 0.4) is 0 Å². The molecule has 0 saturated heterocycles. The van der Waals surface area contributed by atoms with E-state index in [1.54, 1.807) is 13.0 Å². The van der Waals surface area contributed by atoms with E-state index in [0.29, 0.717) is 24.1 Å². The fourth-order valence-electron chi connectivity index (χ4n) is 3.82. The third-order valence-electron chi connectivity index (χ3n) is 4.99. The predicted molar refractivity (Wildman–Crippen MR) is 125 cm³/mol. The van der Waals surface area contributed by atoms with Gasteiger partial charge < -0.3 is 9.64 Å². The van der Waals surface area contributed by atoms with Gasteiger partial charge in [0.15, 0.2) is 0 Å². The molecule has 0 heterocycles. The molecule has 6 nitrogen and oxygen atoms in total. The summed E-state index contributed by atoms with van der Waals surface area (Å²) in [4.78, 5) is 26.1. The number of nitro benzene ring substituents is 1. The van der Waals surface area contributed by atoms with E-state index in [1.165, 1.54) is 0 Å². The van der Waals surface area contributed by atoms with Gasteiger partial charge in [0.25, 0.3) is 5.69 Å². The fraction of sp³-hybridized carbons (Fsp3) is 0.480. The van der Waals surface area contributed by atoms with Crippen molar-refractivity contribution in [1.29, 1.82) is 0 Å². The molecule has 0 amide bonds. The molecule has 0 aliphatic heterocycles. The van der Waals surface area contributed by atoms with Crippen LogP contribution in [-0.2, 0) is 9.53 Å². The van der Waals surface area contributed by atoms with Crippen molar-refractivity contribution in [3.8, 4) is 0 Å². The lowest BCUT2D eigenvalue weighted by Gasteiger charge is -2.28. The summed E-state index contributed by atoms with van der Waals surface area (Å²) in [5.41, 5.74) is 2.37. The van der Waals surface area contributed by atoms with Gasteiger partial charge in [0.05, 0.1) is 18.0 Å². The Hall–Kier alpha value is -2.89. The second-order valence-electron chi connectivity index (χ2n) is 8.67. The Morgan fingerprint density at radius 1 is 1.00 bits per heavy atom. The van der Waals surface area contributed by atoms with Gasteiger partial charge in [-0.15, -0.1) is 0 Å². The van der Waals surface area contributed by atoms with E-state index in [4.69, 9.17) is 4.74 Å². The molecule has 31 heavy (non-hydrogen) atoms. The summed E-state index contributed by atoms with van der Waals surface area (Å²) < 4.78 is 5.16. The van der Waals surface area contributed by atoms with E-state index in [2.05, 4.69) is 32.6 Å². The number of anilines is 1. The molecule has 0 bridgehead atoms. The van der Waals surface area contributed by atoms with Crippen LogP contribution >= 0.6 is 0 Å². The average molecular weight is 427 g/mol. The third-order valence-corrected chi connectivity index (χ3v) is 4.99. The maximum Gasteiger partial charge on any atom is 0.306 e. The predicted octanol–water partition coefficient (Wildman–Crippen LogP) is 5.80. The van der Waals surface area contributed by atoms with E-state index in [-0.39, 0.29) is 28.9 Å². The molecule has 6 heteroatoms. The van der Waals surface area contributed by atoms with Crippen LogP contribution in [0, 0.1) is 22.0 Å². The lowest BCUT2D eigenvalue weighted by molar-refractivity contribution is -0.384. The van der Waals surface area contributed by atoms with Crippen LogP contribution in [0.25, 0.3) is 0 Å². The number of hydrogen-bond donors (Lipinski definition) is 0. The van der Waals surface area contributed by atoms with E-state index in [9.17, 15) is 14.9 Å². The summed E-state index contributed by atoms with van der Waals surface area (Å²) in [6.07, 6.45) is 0.135. The first-order valence-electron chi connectivity index (χ1n) is 11.0. The standard InChI is InChI=1S/C25H34N2O4/c1-6-31-25(28)15-22(20-10-8-7-9-11-20)21-12-13-23(24(14-21)27(29)30)26(16-18(2)3)17-19(4)5/h7-14,18-19,22H,6,15-17H2,1-5H3. The zero-order valence-electron chi connectivity index (χ0n) is 19.2. The summed E-state index contributed by atoms with van der Waals surface area (Å²) in [5.74, 6) is 0.124. The minimum Gasteiger partial charge on any atom is -0.466 e. The van der Waals surface area contributed by atoms with Gasteiger partial charge in [0.1, 0.15) is 5.69 Å². The largest absolute Gasteiger partial charge is 0.466 e. The molecule has 0 aromatic heterocycles. The molecular weight excluding hydrogens is 392 g/mol. The number of rotatable bonds is 11. The molecule has 0 saturated carbocycles. The topological polar surface area (TPSA) is 72.7 Å². The zero-order valence-corrected chi connectivity index (χ0v) is 19.2. The number of carbonyl (C=O) groups is 1. The molecule has 168 valence electrons. The van der Waals surface area contributed by atoms with Crippen molar-refractivity contribution in [3.63, 3.8) is 0 Å². The highest BCUT2D eigenvalue weighted by Gasteiger charge is 2.26. The summed E-state index contributed by atoms with van der Waals surface area (Å²) in [6, 6.07) is 15.0. The number of ether oxygens (including phenoxy) is 1. The molecule has 0 fully saturated rings. The molecule has 2 aromatic carbocycles. The first-order chi connectivity index (χ1) is 14.7. The van der Waals surface area contributed by atoms with Gasteiger partial charge in [0.2, 0.25) is 0 Å². The maximum atomic E-state index is 12.3. The van der Waals surface area contributed by atoms with Crippen LogP contribution in [0.2, 0.25) is 0 Å². The molecule has 0 N–H and O–H groups in total. The Morgan fingerprint density at radius 3 is 2.13 bits per heavy atom. The monoisotopic (exact) mass is 426 g/mol. The Labute approximate surface area is 185 Å². The number of nitro groups is 1. The van der Waals surface area contributed by atoms with Crippen molar-refractivity contribution >= 4 is 17.3 Å². The van der Waals surface area contributed by atoms with Crippen LogP contribution < -0.4 is 4.90 Å². The van der Waals surface area contributed by atoms with E-state index < -0.39 is 0 Å². The molecule has 0 aliphatic rings. The first-order valence-corrected chi connectivity index (χ1v) is 11.0. The van der Waals surface area contributed by atoms with Gasteiger partial charge in [0, 0.05) is 25.1 Å². The highest BCUT2D eigenvalue weighted by atomic mass is 16.6. The van der Waals surface area contributed by atoms with Gasteiger partial charge in [-0.2, -0.15) is 0 Å². The van der Waals surface area contributed by atoms with Gasteiger partial charge in [-0.3, -0.25) is 14.9 Å². The molecule has 2 aromatic rings. The lowest BCUT2D eigenvalue weighted by Crippen LogP contribution is -2.31. The minimum atomic E-state index is -0.321. The number of nitrogens with zero attached hydrogens (tertiary/aromatic N) is 2. The summed E-state index contributed by atoms with van der Waals surface area (Å²) in [5, 5.41) is 12.0. The minimum absolute atomic E-state index is 0.0728. The van der Waals surface area contributed by atoms with Crippen molar-refractivity contribution in [2.24, 2.45) is 11.8 Å². The normalized spacial score (nSPS) is 12.1. The van der Waals surface area contributed by atoms with E-state index in [1.807, 2.05) is 42.5 Å². The van der Waals surface area contributed by atoms with Crippen molar-refractivity contribution in [1.82, 2.24) is 0 Å². The molecule has 1 atom stereocenters. The number of hydrogen-bond acceptors (Lipinski definition) is 5. The van der Waals surface area contributed by atoms with Gasteiger partial charge in [-0.1, -0.05) is 64.1 Å². The Bertz CT molecular complexity index is 855. The number of benzene rings is 2. The second-order valence-corrected chi connectivity index (χ2v) is 8.67. The molecule has 1 unspecified atom stereocenters. The summed E-state index contributed by atoms with van der Waals surface area (Å²) >= 11 is 0. The van der Waals surface area contributed by atoms with Crippen molar-refractivity contribution in [3.05, 3.63) is 69.8 Å². The van der Waals surface area contributed by atoms with Crippen molar-refractivity contribution in [2.75, 3.05) is 24.6 Å². The Morgan fingerprint density at radius 2 is 1.61 bits per heavy atom. The van der Waals surface area contributed by atoms with Crippen LogP contribution in [-0.4, -0.2) is 30.6 Å². The first kappa shape index (κ1) is 24.4.